The van der Waals surface area contributed by atoms with Crippen molar-refractivity contribution in [2.75, 3.05) is 6.61 Å². The molecule has 3 rings (SSSR count). The van der Waals surface area contributed by atoms with E-state index in [-0.39, 0.29) is 5.56 Å². The van der Waals surface area contributed by atoms with Gasteiger partial charge in [-0.1, -0.05) is 42.8 Å². The number of carboxylic acids is 1. The lowest BCUT2D eigenvalue weighted by Crippen LogP contribution is -2.29. The molecule has 0 saturated heterocycles. The summed E-state index contributed by atoms with van der Waals surface area (Å²) < 4.78 is 13.6. The van der Waals surface area contributed by atoms with Gasteiger partial charge < -0.3 is 14.6 Å². The summed E-state index contributed by atoms with van der Waals surface area (Å²) in [6.45, 7) is 13.3. The van der Waals surface area contributed by atoms with Crippen molar-refractivity contribution in [3.63, 3.8) is 0 Å². The maximum absolute atomic E-state index is 13.4. The molecule has 190 valence electrons. The van der Waals surface area contributed by atoms with Gasteiger partial charge in [0.2, 0.25) is 0 Å². The Bertz CT molecular complexity index is 1390. The summed E-state index contributed by atoms with van der Waals surface area (Å²) in [6, 6.07) is 8.89. The molecule has 0 fully saturated rings. The third kappa shape index (κ3) is 6.02. The lowest BCUT2D eigenvalue weighted by Gasteiger charge is -2.21. The minimum atomic E-state index is -1.09. The zero-order valence-electron chi connectivity index (χ0n) is 21.0. The van der Waals surface area contributed by atoms with E-state index in [4.69, 9.17) is 14.5 Å². The topological polar surface area (TPSA) is 103 Å². The number of fused-ring (bicyclic) bond motifs is 1. The van der Waals surface area contributed by atoms with Crippen LogP contribution in [0.2, 0.25) is 0 Å². The van der Waals surface area contributed by atoms with Gasteiger partial charge in [-0.05, 0) is 56.2 Å². The number of hydrogen-bond donors (Lipinski definition) is 1. The first-order valence-electron chi connectivity index (χ1n) is 11.5. The van der Waals surface area contributed by atoms with Gasteiger partial charge in [-0.2, -0.15) is 9.78 Å². The van der Waals surface area contributed by atoms with Crippen LogP contribution in [0.4, 0.5) is 0 Å². The van der Waals surface area contributed by atoms with E-state index in [0.717, 1.165) is 4.47 Å². The van der Waals surface area contributed by atoms with E-state index < -0.39 is 17.5 Å². The molecule has 1 atom stereocenters. The smallest absolute Gasteiger partial charge is 0.344 e. The molecule has 1 heterocycles. The van der Waals surface area contributed by atoms with Crippen molar-refractivity contribution >= 4 is 39.0 Å². The number of aliphatic carboxylic acids is 1. The summed E-state index contributed by atoms with van der Waals surface area (Å²) in [4.78, 5) is 29.5. The summed E-state index contributed by atoms with van der Waals surface area (Å²) in [5.41, 5.74) is 1.20. The molecule has 8 nitrogen and oxygen atoms in total. The molecule has 0 spiro atoms. The Morgan fingerprint density at radius 1 is 1.31 bits per heavy atom. The van der Waals surface area contributed by atoms with Crippen molar-refractivity contribution in [3.05, 3.63) is 74.8 Å². The van der Waals surface area contributed by atoms with Crippen LogP contribution in [0.5, 0.6) is 11.5 Å². The quantitative estimate of drug-likeness (QED) is 0.283. The number of halogens is 1. The number of allylic oxidation sites excluding steroid dienone is 1. The first-order valence-corrected chi connectivity index (χ1v) is 12.3. The highest BCUT2D eigenvalue weighted by atomic mass is 79.9. The first kappa shape index (κ1) is 27.1. The van der Waals surface area contributed by atoms with E-state index >= 15 is 0 Å². The SMILES string of the molecule is C=CCc1cc(C=Nn2c(C(C)(C)C)nc3ccc(Br)cc3c2=O)cc(OCC)c1O[C@@H](C)C(=O)O. The van der Waals surface area contributed by atoms with E-state index in [1.807, 2.05) is 39.8 Å². The number of hydrogen-bond acceptors (Lipinski definition) is 6. The fraction of sp³-hybridized carbons (Fsp3) is 0.333. The Balaban J connectivity index is 2.18. The normalized spacial score (nSPS) is 12.6. The molecule has 36 heavy (non-hydrogen) atoms. The van der Waals surface area contributed by atoms with Gasteiger partial charge in [-0.3, -0.25) is 4.79 Å². The molecule has 3 aromatic rings. The van der Waals surface area contributed by atoms with Crippen LogP contribution in [0.3, 0.4) is 0 Å². The Kier molecular flexibility index (Phi) is 8.35. The monoisotopic (exact) mass is 555 g/mol. The molecule has 1 aromatic heterocycles. The number of ether oxygens (including phenoxy) is 2. The molecule has 0 aliphatic rings. The molecule has 1 N–H and O–H groups in total. The molecule has 0 bridgehead atoms. The highest BCUT2D eigenvalue weighted by molar-refractivity contribution is 9.10. The van der Waals surface area contributed by atoms with Gasteiger partial charge in [0.05, 0.1) is 23.7 Å². The van der Waals surface area contributed by atoms with Crippen LogP contribution < -0.4 is 15.0 Å². The molecular weight excluding hydrogens is 526 g/mol. The van der Waals surface area contributed by atoms with Crippen molar-refractivity contribution < 1.29 is 19.4 Å². The van der Waals surface area contributed by atoms with Crippen molar-refractivity contribution in [1.82, 2.24) is 9.66 Å². The van der Waals surface area contributed by atoms with E-state index in [0.29, 0.717) is 52.4 Å². The second kappa shape index (κ2) is 11.1. The van der Waals surface area contributed by atoms with Crippen LogP contribution in [0.15, 0.2) is 57.4 Å². The fourth-order valence-electron chi connectivity index (χ4n) is 3.55. The first-order chi connectivity index (χ1) is 17.0. The number of rotatable bonds is 9. The summed E-state index contributed by atoms with van der Waals surface area (Å²) in [6.07, 6.45) is 2.60. The summed E-state index contributed by atoms with van der Waals surface area (Å²) in [5, 5.41) is 14.3. The number of nitrogens with zero attached hydrogens (tertiary/aromatic N) is 3. The summed E-state index contributed by atoms with van der Waals surface area (Å²) in [7, 11) is 0. The number of benzene rings is 2. The van der Waals surface area contributed by atoms with E-state index in [2.05, 4.69) is 27.6 Å². The molecule has 9 heteroatoms. The lowest BCUT2D eigenvalue weighted by molar-refractivity contribution is -0.144. The molecule has 2 aromatic carbocycles. The molecule has 0 unspecified atom stereocenters. The Morgan fingerprint density at radius 2 is 2.03 bits per heavy atom. The van der Waals surface area contributed by atoms with Gasteiger partial charge in [-0.25, -0.2) is 9.78 Å². The van der Waals surface area contributed by atoms with Crippen LogP contribution in [0.1, 0.15) is 51.6 Å². The van der Waals surface area contributed by atoms with Crippen LogP contribution >= 0.6 is 15.9 Å². The molecule has 0 saturated carbocycles. The second-order valence-corrected chi connectivity index (χ2v) is 10.2. The van der Waals surface area contributed by atoms with Crippen LogP contribution in [0, 0.1) is 0 Å². The third-order valence-corrected chi connectivity index (χ3v) is 5.76. The Morgan fingerprint density at radius 3 is 2.64 bits per heavy atom. The molecule has 0 radical (unpaired) electrons. The minimum absolute atomic E-state index is 0.283. The van der Waals surface area contributed by atoms with Crippen molar-refractivity contribution in [2.45, 2.75) is 52.6 Å². The number of aromatic nitrogens is 2. The highest BCUT2D eigenvalue weighted by Gasteiger charge is 2.23. The molecular formula is C27H30BrN3O5. The Labute approximate surface area is 218 Å². The van der Waals surface area contributed by atoms with Gasteiger partial charge >= 0.3 is 5.97 Å². The molecule has 0 aliphatic heterocycles. The van der Waals surface area contributed by atoms with Gasteiger partial charge in [-0.15, -0.1) is 6.58 Å². The van der Waals surface area contributed by atoms with Gasteiger partial charge in [0.25, 0.3) is 5.56 Å². The van der Waals surface area contributed by atoms with Crippen molar-refractivity contribution in [1.29, 1.82) is 0 Å². The average Bonchev–Trinajstić information content (AvgIpc) is 2.80. The van der Waals surface area contributed by atoms with E-state index in [1.54, 1.807) is 30.5 Å². The molecule has 0 amide bonds. The Hall–Kier alpha value is -3.46. The van der Waals surface area contributed by atoms with Crippen LogP contribution in [0.25, 0.3) is 10.9 Å². The van der Waals surface area contributed by atoms with Gasteiger partial charge in [0.1, 0.15) is 5.82 Å². The van der Waals surface area contributed by atoms with Crippen LogP contribution in [-0.4, -0.2) is 39.7 Å². The zero-order chi connectivity index (χ0) is 26.6. The largest absolute Gasteiger partial charge is 0.490 e. The van der Waals surface area contributed by atoms with Gasteiger partial charge in [0.15, 0.2) is 17.6 Å². The van der Waals surface area contributed by atoms with E-state index in [1.165, 1.54) is 11.6 Å². The molecule has 0 aliphatic carbocycles. The second-order valence-electron chi connectivity index (χ2n) is 9.24. The third-order valence-electron chi connectivity index (χ3n) is 5.26. The minimum Gasteiger partial charge on any atom is -0.490 e. The predicted molar refractivity (Wildman–Crippen MR) is 145 cm³/mol. The van der Waals surface area contributed by atoms with E-state index in [9.17, 15) is 14.7 Å². The standard InChI is InChI=1S/C27H30BrN3O5/c1-7-9-18-12-17(13-22(35-8-2)23(18)36-16(3)25(33)34)15-29-31-24(32)20-14-19(28)10-11-21(20)30-26(31)27(4,5)6/h7,10-16H,1,8-9H2,2-6H3,(H,33,34)/t16-/m0/s1. The van der Waals surface area contributed by atoms with Crippen molar-refractivity contribution in [2.24, 2.45) is 5.10 Å². The van der Waals surface area contributed by atoms with Crippen LogP contribution in [-0.2, 0) is 16.6 Å². The number of carboxylic acid groups (broad SMARTS) is 1. The summed E-state index contributed by atoms with van der Waals surface area (Å²) >= 11 is 3.42. The average molecular weight is 556 g/mol. The predicted octanol–water partition coefficient (Wildman–Crippen LogP) is 5.32. The number of carbonyl (C=O) groups is 1. The lowest BCUT2D eigenvalue weighted by atomic mass is 9.95. The maximum Gasteiger partial charge on any atom is 0.344 e. The fourth-order valence-corrected chi connectivity index (χ4v) is 3.92. The van der Waals surface area contributed by atoms with Gasteiger partial charge in [0, 0.05) is 15.5 Å². The highest BCUT2D eigenvalue weighted by Crippen LogP contribution is 2.34. The zero-order valence-corrected chi connectivity index (χ0v) is 22.6. The van der Waals surface area contributed by atoms with Crippen molar-refractivity contribution in [3.8, 4) is 11.5 Å². The maximum atomic E-state index is 13.4. The summed E-state index contributed by atoms with van der Waals surface area (Å²) in [5.74, 6) is 0.159.